The Balaban J connectivity index is 1.69. The van der Waals surface area contributed by atoms with E-state index in [4.69, 9.17) is 9.47 Å². The number of allylic oxidation sites excluding steroid dienone is 2. The zero-order valence-corrected chi connectivity index (χ0v) is 23.1. The summed E-state index contributed by atoms with van der Waals surface area (Å²) >= 11 is 0. The predicted molar refractivity (Wildman–Crippen MR) is 149 cm³/mol. The van der Waals surface area contributed by atoms with Crippen LogP contribution >= 0.6 is 0 Å². The summed E-state index contributed by atoms with van der Waals surface area (Å²) < 4.78 is 12.8. The number of nitrogens with one attached hydrogen (secondary N) is 2. The van der Waals surface area contributed by atoms with Crippen molar-refractivity contribution in [3.05, 3.63) is 81.6 Å². The lowest BCUT2D eigenvalue weighted by Gasteiger charge is -2.48. The number of ether oxygens (including phenoxy) is 2. The van der Waals surface area contributed by atoms with Gasteiger partial charge in [0.2, 0.25) is 0 Å². The summed E-state index contributed by atoms with van der Waals surface area (Å²) in [6.07, 6.45) is 3.86. The van der Waals surface area contributed by atoms with Crippen LogP contribution in [0.25, 0.3) is 0 Å². The summed E-state index contributed by atoms with van der Waals surface area (Å²) in [6.45, 7) is 13.3. The maximum Gasteiger partial charge on any atom is 0.339 e. The molecule has 0 saturated carbocycles. The highest BCUT2D eigenvalue weighted by Crippen LogP contribution is 2.56. The van der Waals surface area contributed by atoms with Gasteiger partial charge in [-0.3, -0.25) is 9.79 Å². The molecule has 2 aromatic carbocycles. The van der Waals surface area contributed by atoms with Crippen molar-refractivity contribution in [2.75, 3.05) is 25.5 Å². The van der Waals surface area contributed by atoms with Gasteiger partial charge in [-0.05, 0) is 67.2 Å². The Kier molecular flexibility index (Phi) is 6.21. The Labute approximate surface area is 224 Å². The highest BCUT2D eigenvalue weighted by molar-refractivity contribution is 6.10. The van der Waals surface area contributed by atoms with Crippen LogP contribution < -0.4 is 15.4 Å². The quantitative estimate of drug-likeness (QED) is 0.523. The summed E-state index contributed by atoms with van der Waals surface area (Å²) in [7, 11) is 1.88. The van der Waals surface area contributed by atoms with Crippen LogP contribution in [-0.4, -0.2) is 43.3 Å². The Hall–Kier alpha value is -3.87. The van der Waals surface area contributed by atoms with Gasteiger partial charge in [0.1, 0.15) is 5.75 Å². The number of rotatable bonds is 4. The van der Waals surface area contributed by atoms with Gasteiger partial charge in [0, 0.05) is 49.1 Å². The summed E-state index contributed by atoms with van der Waals surface area (Å²) in [5.74, 6) is 0.186. The molecule has 2 atom stereocenters. The number of aryl methyl sites for hydroxylation is 1. The molecule has 0 saturated heterocycles. The van der Waals surface area contributed by atoms with Crippen LogP contribution in [0.2, 0.25) is 0 Å². The fraction of sp³-hybridized carbons (Fsp3) is 0.387. The highest BCUT2D eigenvalue weighted by Gasteiger charge is 2.56. The first-order valence-electron chi connectivity index (χ1n) is 13.1. The van der Waals surface area contributed by atoms with Crippen molar-refractivity contribution in [1.29, 1.82) is 0 Å². The number of nitrogens with zero attached hydrogens (tertiary/aromatic N) is 1. The Morgan fingerprint density at radius 3 is 2.58 bits per heavy atom. The maximum absolute atomic E-state index is 13.6. The van der Waals surface area contributed by atoms with E-state index in [0.717, 1.165) is 33.7 Å². The zero-order valence-electron chi connectivity index (χ0n) is 23.1. The predicted octanol–water partition coefficient (Wildman–Crippen LogP) is 5.55. The largest absolute Gasteiger partial charge is 0.457 e. The van der Waals surface area contributed by atoms with Crippen molar-refractivity contribution in [3.8, 4) is 5.75 Å². The second-order valence-corrected chi connectivity index (χ2v) is 11.4. The first kappa shape index (κ1) is 25.8. The van der Waals surface area contributed by atoms with Gasteiger partial charge in [-0.2, -0.15) is 0 Å². The molecule has 2 aliphatic heterocycles. The van der Waals surface area contributed by atoms with E-state index in [-0.39, 0.29) is 17.2 Å². The van der Waals surface area contributed by atoms with Gasteiger partial charge < -0.3 is 20.1 Å². The molecular weight excluding hydrogens is 478 g/mol. The van der Waals surface area contributed by atoms with Crippen molar-refractivity contribution in [2.24, 2.45) is 10.4 Å². The molecule has 2 unspecified atom stereocenters. The first-order valence-corrected chi connectivity index (χ1v) is 13.1. The lowest BCUT2D eigenvalue weighted by molar-refractivity contribution is -0.0131. The molecule has 0 bridgehead atoms. The summed E-state index contributed by atoms with van der Waals surface area (Å²) in [5, 5.41) is 6.20. The molecule has 2 heterocycles. The van der Waals surface area contributed by atoms with E-state index < -0.39 is 11.6 Å². The van der Waals surface area contributed by atoms with E-state index in [1.54, 1.807) is 12.1 Å². The molecule has 1 amide bonds. The van der Waals surface area contributed by atoms with E-state index in [0.29, 0.717) is 35.7 Å². The molecule has 7 heteroatoms. The van der Waals surface area contributed by atoms with Gasteiger partial charge in [-0.15, -0.1) is 0 Å². The maximum atomic E-state index is 13.6. The van der Waals surface area contributed by atoms with Crippen LogP contribution in [0.1, 0.15) is 77.9 Å². The van der Waals surface area contributed by atoms with Crippen LogP contribution in [0.15, 0.2) is 58.8 Å². The molecule has 0 fully saturated rings. The topological polar surface area (TPSA) is 89.0 Å². The summed E-state index contributed by atoms with van der Waals surface area (Å²) in [5.41, 5.74) is 5.10. The molecule has 7 nitrogen and oxygen atoms in total. The fourth-order valence-corrected chi connectivity index (χ4v) is 5.46. The van der Waals surface area contributed by atoms with E-state index in [1.165, 1.54) is 0 Å². The number of anilines is 1. The number of carbonyl (C=O) groups excluding carboxylic acids is 2. The van der Waals surface area contributed by atoms with Gasteiger partial charge in [-0.25, -0.2) is 4.79 Å². The zero-order chi connectivity index (χ0) is 27.4. The van der Waals surface area contributed by atoms with Crippen LogP contribution in [-0.2, 0) is 4.74 Å². The number of aliphatic imine (C=N–C) groups is 1. The average molecular weight is 514 g/mol. The molecule has 38 heavy (non-hydrogen) atoms. The molecule has 0 radical (unpaired) electrons. The van der Waals surface area contributed by atoms with Crippen molar-refractivity contribution in [3.63, 3.8) is 0 Å². The summed E-state index contributed by atoms with van der Waals surface area (Å²) in [4.78, 5) is 31.1. The number of hydrogen-bond acceptors (Lipinski definition) is 6. The monoisotopic (exact) mass is 513 g/mol. The number of carbonyl (C=O) groups is 2. The second-order valence-electron chi connectivity index (χ2n) is 11.4. The van der Waals surface area contributed by atoms with Gasteiger partial charge in [0.25, 0.3) is 5.91 Å². The fourth-order valence-electron chi connectivity index (χ4n) is 5.46. The standard InChI is InChI=1S/C31H35N3O4/c1-8-33-24-14-26-31(15-18(24)3)27(22-11-17(2)23(32-7)13-25(22)37-26)20-10-9-19(12-21(20)29(36)38-31)28(35)34-16-30(4,5)6/h9-15,27,32H,8,16H2,1-7H3,(H,34,35). The number of fused-ring (bicyclic) bond motifs is 4. The Bertz CT molecular complexity index is 1440. The lowest BCUT2D eigenvalue weighted by atomic mass is 9.68. The van der Waals surface area contributed by atoms with E-state index in [2.05, 4.69) is 42.5 Å². The molecule has 2 aromatic rings. The van der Waals surface area contributed by atoms with Crippen LogP contribution in [0, 0.1) is 12.3 Å². The second kappa shape index (κ2) is 9.15. The van der Waals surface area contributed by atoms with Gasteiger partial charge in [0.05, 0.1) is 17.2 Å². The Morgan fingerprint density at radius 2 is 1.89 bits per heavy atom. The smallest absolute Gasteiger partial charge is 0.339 e. The Morgan fingerprint density at radius 1 is 1.13 bits per heavy atom. The van der Waals surface area contributed by atoms with Crippen molar-refractivity contribution in [2.45, 2.75) is 53.1 Å². The number of esters is 1. The molecule has 0 aromatic heterocycles. The number of benzene rings is 2. The van der Waals surface area contributed by atoms with Crippen molar-refractivity contribution < 1.29 is 19.1 Å². The first-order chi connectivity index (χ1) is 18.0. The average Bonchev–Trinajstić information content (AvgIpc) is 2.86. The normalized spacial score (nSPS) is 22.6. The third kappa shape index (κ3) is 4.20. The minimum absolute atomic E-state index is 0.0567. The van der Waals surface area contributed by atoms with Gasteiger partial charge in [0.15, 0.2) is 11.4 Å². The van der Waals surface area contributed by atoms with Crippen LogP contribution in [0.3, 0.4) is 0 Å². The molecular formula is C31H35N3O4. The van der Waals surface area contributed by atoms with E-state index in [1.807, 2.05) is 52.1 Å². The number of amides is 1. The molecule has 1 aliphatic carbocycles. The molecule has 198 valence electrons. The molecule has 2 N–H and O–H groups in total. The molecule has 5 rings (SSSR count). The summed E-state index contributed by atoms with van der Waals surface area (Å²) in [6, 6.07) is 9.41. The third-order valence-electron chi connectivity index (χ3n) is 7.29. The van der Waals surface area contributed by atoms with Crippen LogP contribution in [0.5, 0.6) is 5.75 Å². The van der Waals surface area contributed by atoms with Crippen molar-refractivity contribution in [1.82, 2.24) is 5.32 Å². The minimum Gasteiger partial charge on any atom is -0.457 e. The van der Waals surface area contributed by atoms with Crippen LogP contribution in [0.4, 0.5) is 5.69 Å². The van der Waals surface area contributed by atoms with Crippen molar-refractivity contribution >= 4 is 23.3 Å². The minimum atomic E-state index is -1.14. The number of hydrogen-bond donors (Lipinski definition) is 2. The molecule has 1 spiro atoms. The third-order valence-corrected chi connectivity index (χ3v) is 7.29. The lowest BCUT2D eigenvalue weighted by Crippen LogP contribution is -2.51. The molecule has 3 aliphatic rings. The van der Waals surface area contributed by atoms with E-state index in [9.17, 15) is 9.59 Å². The van der Waals surface area contributed by atoms with E-state index >= 15 is 0 Å². The SMILES string of the molecule is CCN=C1C=C2Oc3cc(NC)c(C)cc3C3c4ccc(C(=O)NCC(C)(C)C)cc4C(=O)OC23C=C1C. The van der Waals surface area contributed by atoms with Gasteiger partial charge >= 0.3 is 5.97 Å². The highest BCUT2D eigenvalue weighted by atomic mass is 16.6. The van der Waals surface area contributed by atoms with Gasteiger partial charge in [-0.1, -0.05) is 26.8 Å².